The van der Waals surface area contributed by atoms with Crippen molar-refractivity contribution in [2.75, 3.05) is 13.7 Å². The van der Waals surface area contributed by atoms with Crippen molar-refractivity contribution >= 4 is 16.9 Å². The smallest absolute Gasteiger partial charge is 0.255 e. The Morgan fingerprint density at radius 1 is 0.971 bits per heavy atom. The van der Waals surface area contributed by atoms with Crippen molar-refractivity contribution in [1.82, 2.24) is 14.9 Å². The first-order chi connectivity index (χ1) is 16.4. The van der Waals surface area contributed by atoms with E-state index in [0.717, 1.165) is 36.2 Å². The van der Waals surface area contributed by atoms with Crippen molar-refractivity contribution in [3.05, 3.63) is 93.8 Å². The highest BCUT2D eigenvalue weighted by Crippen LogP contribution is 2.26. The average Bonchev–Trinajstić information content (AvgIpc) is 3.20. The number of para-hydroxylation sites is 3. The third-order valence-corrected chi connectivity index (χ3v) is 6.79. The summed E-state index contributed by atoms with van der Waals surface area (Å²) in [6.07, 6.45) is 1.58. The second kappa shape index (κ2) is 10.1. The molecule has 0 spiro atoms. The van der Waals surface area contributed by atoms with Crippen LogP contribution in [-0.2, 0) is 13.0 Å². The predicted octanol–water partition coefficient (Wildman–Crippen LogP) is 5.69. The normalized spacial score (nSPS) is 11.1. The molecule has 1 heterocycles. The molecule has 176 valence electrons. The van der Waals surface area contributed by atoms with Gasteiger partial charge in [-0.3, -0.25) is 4.79 Å². The third-order valence-electron chi connectivity index (χ3n) is 6.79. The molecule has 1 aromatic heterocycles. The lowest BCUT2D eigenvalue weighted by Crippen LogP contribution is -2.25. The van der Waals surface area contributed by atoms with Crippen molar-refractivity contribution in [1.29, 1.82) is 0 Å². The number of hydrogen-bond donors (Lipinski definition) is 1. The SMILES string of the molecule is COc1ccccc1C(=O)NCCCc1nc2ccccc2n1Cc1c(C)c(C)cc(C)c1C. The monoisotopic (exact) mass is 455 g/mol. The van der Waals surface area contributed by atoms with Crippen molar-refractivity contribution in [3.63, 3.8) is 0 Å². The maximum absolute atomic E-state index is 12.6. The average molecular weight is 456 g/mol. The summed E-state index contributed by atoms with van der Waals surface area (Å²) < 4.78 is 7.65. The molecule has 0 atom stereocenters. The van der Waals surface area contributed by atoms with Gasteiger partial charge in [0.15, 0.2) is 0 Å². The second-order valence-electron chi connectivity index (χ2n) is 8.90. The van der Waals surface area contributed by atoms with E-state index in [9.17, 15) is 4.79 Å². The highest BCUT2D eigenvalue weighted by atomic mass is 16.5. The molecule has 5 nitrogen and oxygen atoms in total. The number of amides is 1. The summed E-state index contributed by atoms with van der Waals surface area (Å²) in [5.41, 5.74) is 9.41. The van der Waals surface area contributed by atoms with Gasteiger partial charge in [0.1, 0.15) is 11.6 Å². The van der Waals surface area contributed by atoms with Gasteiger partial charge in [0, 0.05) is 19.5 Å². The van der Waals surface area contributed by atoms with Crippen LogP contribution in [0.25, 0.3) is 11.0 Å². The van der Waals surface area contributed by atoms with Gasteiger partial charge in [-0.2, -0.15) is 0 Å². The van der Waals surface area contributed by atoms with E-state index in [1.165, 1.54) is 27.8 Å². The number of imidazole rings is 1. The fourth-order valence-electron chi connectivity index (χ4n) is 4.56. The summed E-state index contributed by atoms with van der Waals surface area (Å²) in [5, 5.41) is 3.02. The van der Waals surface area contributed by atoms with Gasteiger partial charge in [-0.1, -0.05) is 30.3 Å². The van der Waals surface area contributed by atoms with Gasteiger partial charge in [0.25, 0.3) is 5.91 Å². The van der Waals surface area contributed by atoms with Gasteiger partial charge in [-0.25, -0.2) is 4.98 Å². The zero-order valence-electron chi connectivity index (χ0n) is 20.7. The summed E-state index contributed by atoms with van der Waals surface area (Å²) in [7, 11) is 1.58. The zero-order valence-corrected chi connectivity index (χ0v) is 20.7. The van der Waals surface area contributed by atoms with Crippen LogP contribution in [0, 0.1) is 27.7 Å². The maximum atomic E-state index is 12.6. The Hall–Kier alpha value is -3.60. The van der Waals surface area contributed by atoms with E-state index in [0.29, 0.717) is 17.9 Å². The minimum atomic E-state index is -0.118. The van der Waals surface area contributed by atoms with Gasteiger partial charge in [-0.15, -0.1) is 0 Å². The highest BCUT2D eigenvalue weighted by molar-refractivity contribution is 5.96. The molecule has 0 aliphatic carbocycles. The minimum absolute atomic E-state index is 0.118. The second-order valence-corrected chi connectivity index (χ2v) is 8.90. The largest absolute Gasteiger partial charge is 0.496 e. The maximum Gasteiger partial charge on any atom is 0.255 e. The van der Waals surface area contributed by atoms with Crippen molar-refractivity contribution in [2.24, 2.45) is 0 Å². The van der Waals surface area contributed by atoms with Crippen LogP contribution in [0.2, 0.25) is 0 Å². The molecule has 0 unspecified atom stereocenters. The molecule has 0 radical (unpaired) electrons. The number of nitrogens with zero attached hydrogens (tertiary/aromatic N) is 2. The van der Waals surface area contributed by atoms with E-state index >= 15 is 0 Å². The fraction of sp³-hybridized carbons (Fsp3) is 0.310. The molecular formula is C29H33N3O2. The number of aryl methyl sites for hydroxylation is 3. The Morgan fingerprint density at radius 3 is 2.38 bits per heavy atom. The van der Waals surface area contributed by atoms with Gasteiger partial charge in [-0.05, 0) is 86.2 Å². The molecule has 0 saturated carbocycles. The first-order valence-corrected chi connectivity index (χ1v) is 11.8. The van der Waals surface area contributed by atoms with Crippen molar-refractivity contribution < 1.29 is 9.53 Å². The Labute approximate surface area is 201 Å². The van der Waals surface area contributed by atoms with Crippen LogP contribution in [0.4, 0.5) is 0 Å². The van der Waals surface area contributed by atoms with E-state index in [2.05, 4.69) is 61.8 Å². The summed E-state index contributed by atoms with van der Waals surface area (Å²) >= 11 is 0. The summed E-state index contributed by atoms with van der Waals surface area (Å²) in [6, 6.07) is 17.9. The highest BCUT2D eigenvalue weighted by Gasteiger charge is 2.16. The predicted molar refractivity (Wildman–Crippen MR) is 138 cm³/mol. The molecule has 5 heteroatoms. The lowest BCUT2D eigenvalue weighted by molar-refractivity contribution is 0.0950. The van der Waals surface area contributed by atoms with Crippen LogP contribution in [0.3, 0.4) is 0 Å². The summed E-state index contributed by atoms with van der Waals surface area (Å²) in [4.78, 5) is 17.6. The lowest BCUT2D eigenvalue weighted by atomic mass is 9.94. The number of benzene rings is 3. The van der Waals surface area contributed by atoms with E-state index in [1.54, 1.807) is 19.2 Å². The van der Waals surface area contributed by atoms with Gasteiger partial charge in [0.2, 0.25) is 0 Å². The number of rotatable bonds is 8. The number of ether oxygens (including phenoxy) is 1. The number of hydrogen-bond acceptors (Lipinski definition) is 3. The standard InChI is InChI=1S/C29H33N3O2/c1-19-17-20(2)22(4)24(21(19)3)18-32-26-13-8-7-12-25(26)31-28(32)15-10-16-30-29(33)23-11-6-9-14-27(23)34-5/h6-9,11-14,17H,10,15-16,18H2,1-5H3,(H,30,33). The molecule has 0 aliphatic rings. The Morgan fingerprint density at radius 2 is 1.65 bits per heavy atom. The van der Waals surface area contributed by atoms with Crippen LogP contribution < -0.4 is 10.1 Å². The van der Waals surface area contributed by atoms with Crippen LogP contribution in [0.1, 0.15) is 50.4 Å². The summed E-state index contributed by atoms with van der Waals surface area (Å²) in [6.45, 7) is 10.2. The van der Waals surface area contributed by atoms with Crippen LogP contribution in [-0.4, -0.2) is 29.1 Å². The topological polar surface area (TPSA) is 56.1 Å². The van der Waals surface area contributed by atoms with E-state index in [4.69, 9.17) is 9.72 Å². The molecule has 0 saturated heterocycles. The Balaban J connectivity index is 1.53. The van der Waals surface area contributed by atoms with E-state index < -0.39 is 0 Å². The molecule has 1 N–H and O–H groups in total. The molecular weight excluding hydrogens is 422 g/mol. The fourth-order valence-corrected chi connectivity index (χ4v) is 4.56. The van der Waals surface area contributed by atoms with Gasteiger partial charge >= 0.3 is 0 Å². The third kappa shape index (κ3) is 4.69. The number of methoxy groups -OCH3 is 1. The van der Waals surface area contributed by atoms with Gasteiger partial charge < -0.3 is 14.6 Å². The van der Waals surface area contributed by atoms with Crippen LogP contribution in [0.15, 0.2) is 54.6 Å². The minimum Gasteiger partial charge on any atom is -0.496 e. The number of nitrogens with one attached hydrogen (secondary N) is 1. The van der Waals surface area contributed by atoms with Crippen LogP contribution in [0.5, 0.6) is 5.75 Å². The molecule has 3 aromatic carbocycles. The number of carbonyl (C=O) groups is 1. The van der Waals surface area contributed by atoms with Crippen molar-refractivity contribution in [3.8, 4) is 5.75 Å². The molecule has 4 rings (SSSR count). The number of aromatic nitrogens is 2. The van der Waals surface area contributed by atoms with Gasteiger partial charge in [0.05, 0.1) is 23.7 Å². The molecule has 0 aliphatic heterocycles. The Kier molecular flexibility index (Phi) is 7.01. The molecule has 0 fully saturated rings. The van der Waals surface area contributed by atoms with E-state index in [-0.39, 0.29) is 5.91 Å². The van der Waals surface area contributed by atoms with E-state index in [1.807, 2.05) is 18.2 Å². The van der Waals surface area contributed by atoms with Crippen molar-refractivity contribution in [2.45, 2.75) is 47.1 Å². The molecule has 34 heavy (non-hydrogen) atoms. The summed E-state index contributed by atoms with van der Waals surface area (Å²) in [5.74, 6) is 1.51. The quantitative estimate of drug-likeness (QED) is 0.347. The van der Waals surface area contributed by atoms with Crippen LogP contribution >= 0.6 is 0 Å². The number of fused-ring (bicyclic) bond motifs is 1. The zero-order chi connectivity index (χ0) is 24.2. The molecule has 0 bridgehead atoms. The molecule has 4 aromatic rings. The Bertz CT molecular complexity index is 1310. The lowest BCUT2D eigenvalue weighted by Gasteiger charge is -2.18. The molecule has 1 amide bonds. The number of carbonyl (C=O) groups excluding carboxylic acids is 1. The first-order valence-electron chi connectivity index (χ1n) is 11.8. The first kappa shape index (κ1) is 23.6.